The zero-order valence-corrected chi connectivity index (χ0v) is 10.6. The summed E-state index contributed by atoms with van der Waals surface area (Å²) < 4.78 is 0. The summed E-state index contributed by atoms with van der Waals surface area (Å²) in [5, 5.41) is 7.85. The van der Waals surface area contributed by atoms with E-state index in [9.17, 15) is 0 Å². The standard InChI is InChI=1S/C12H15NS2/c1-3-13-12(11-5-4-7-15-11)10-6-8-14-9(10)2/h4-8,12-13H,3H2,1-2H3. The molecule has 0 aromatic carbocycles. The third-order valence-corrected chi connectivity index (χ3v) is 4.24. The molecule has 2 aromatic heterocycles. The average Bonchev–Trinajstić information content (AvgIpc) is 2.85. The third kappa shape index (κ3) is 2.30. The molecule has 0 saturated heterocycles. The molecule has 1 atom stereocenters. The molecule has 0 spiro atoms. The van der Waals surface area contributed by atoms with E-state index in [2.05, 4.69) is 48.1 Å². The van der Waals surface area contributed by atoms with Crippen LogP contribution in [0.4, 0.5) is 0 Å². The van der Waals surface area contributed by atoms with E-state index in [1.165, 1.54) is 15.3 Å². The lowest BCUT2D eigenvalue weighted by Gasteiger charge is -2.16. The summed E-state index contributed by atoms with van der Waals surface area (Å²) in [7, 11) is 0. The van der Waals surface area contributed by atoms with Crippen molar-refractivity contribution in [3.8, 4) is 0 Å². The number of nitrogens with one attached hydrogen (secondary N) is 1. The van der Waals surface area contributed by atoms with Gasteiger partial charge in [-0.05, 0) is 41.9 Å². The Hall–Kier alpha value is -0.640. The molecule has 0 bridgehead atoms. The second kappa shape index (κ2) is 4.92. The molecule has 2 rings (SSSR count). The molecule has 0 amide bonds. The van der Waals surface area contributed by atoms with Gasteiger partial charge in [-0.15, -0.1) is 22.7 Å². The Morgan fingerprint density at radius 1 is 1.27 bits per heavy atom. The van der Waals surface area contributed by atoms with Crippen LogP contribution in [0.25, 0.3) is 0 Å². The maximum absolute atomic E-state index is 3.55. The zero-order chi connectivity index (χ0) is 10.7. The van der Waals surface area contributed by atoms with Crippen LogP contribution in [0.1, 0.15) is 28.3 Å². The van der Waals surface area contributed by atoms with Crippen LogP contribution in [-0.4, -0.2) is 6.54 Å². The lowest BCUT2D eigenvalue weighted by Crippen LogP contribution is -2.21. The van der Waals surface area contributed by atoms with Gasteiger partial charge in [0.15, 0.2) is 0 Å². The predicted octanol–water partition coefficient (Wildman–Crippen LogP) is 3.82. The lowest BCUT2D eigenvalue weighted by atomic mass is 10.1. The van der Waals surface area contributed by atoms with Gasteiger partial charge < -0.3 is 5.32 Å². The number of hydrogen-bond donors (Lipinski definition) is 1. The first-order chi connectivity index (χ1) is 7.33. The van der Waals surface area contributed by atoms with Gasteiger partial charge in [0, 0.05) is 9.75 Å². The Morgan fingerprint density at radius 2 is 2.13 bits per heavy atom. The van der Waals surface area contributed by atoms with Gasteiger partial charge in [0.1, 0.15) is 0 Å². The largest absolute Gasteiger partial charge is 0.306 e. The van der Waals surface area contributed by atoms with Crippen LogP contribution in [0.5, 0.6) is 0 Å². The van der Waals surface area contributed by atoms with Crippen molar-refractivity contribution in [2.24, 2.45) is 0 Å². The first-order valence-electron chi connectivity index (χ1n) is 5.13. The summed E-state index contributed by atoms with van der Waals surface area (Å²) in [6, 6.07) is 6.93. The van der Waals surface area contributed by atoms with E-state index >= 15 is 0 Å². The van der Waals surface area contributed by atoms with Crippen LogP contribution in [0.2, 0.25) is 0 Å². The van der Waals surface area contributed by atoms with Gasteiger partial charge >= 0.3 is 0 Å². The number of thiophene rings is 2. The highest BCUT2D eigenvalue weighted by Gasteiger charge is 2.16. The second-order valence-corrected chi connectivity index (χ2v) is 5.54. The SMILES string of the molecule is CCNC(c1cccs1)c1ccsc1C. The summed E-state index contributed by atoms with van der Waals surface area (Å²) in [5.74, 6) is 0. The van der Waals surface area contributed by atoms with Gasteiger partial charge in [0.05, 0.1) is 6.04 Å². The van der Waals surface area contributed by atoms with E-state index in [-0.39, 0.29) is 0 Å². The molecule has 0 aliphatic rings. The maximum atomic E-state index is 3.55. The normalized spacial score (nSPS) is 12.9. The van der Waals surface area contributed by atoms with Gasteiger partial charge in [-0.2, -0.15) is 0 Å². The molecule has 0 saturated carbocycles. The summed E-state index contributed by atoms with van der Waals surface area (Å²) in [5.41, 5.74) is 1.42. The molecular formula is C12H15NS2. The Kier molecular flexibility index (Phi) is 3.57. The summed E-state index contributed by atoms with van der Waals surface area (Å²) in [6.45, 7) is 5.35. The minimum atomic E-state index is 0.376. The molecule has 0 aliphatic carbocycles. The van der Waals surface area contributed by atoms with E-state index in [0.29, 0.717) is 6.04 Å². The fraction of sp³-hybridized carbons (Fsp3) is 0.333. The molecule has 1 N–H and O–H groups in total. The monoisotopic (exact) mass is 237 g/mol. The van der Waals surface area contributed by atoms with Crippen molar-refractivity contribution in [1.82, 2.24) is 5.32 Å². The summed E-state index contributed by atoms with van der Waals surface area (Å²) in [4.78, 5) is 2.81. The van der Waals surface area contributed by atoms with Crippen molar-refractivity contribution in [2.45, 2.75) is 19.9 Å². The Labute approximate surface area is 98.8 Å². The van der Waals surface area contributed by atoms with E-state index in [4.69, 9.17) is 0 Å². The summed E-state index contributed by atoms with van der Waals surface area (Å²) >= 11 is 3.64. The molecule has 0 radical (unpaired) electrons. The molecule has 3 heteroatoms. The number of rotatable bonds is 4. The molecule has 2 aromatic rings. The molecule has 0 fully saturated rings. The van der Waals surface area contributed by atoms with Crippen molar-refractivity contribution in [3.05, 3.63) is 44.3 Å². The molecule has 2 heterocycles. The van der Waals surface area contributed by atoms with Crippen LogP contribution in [0.3, 0.4) is 0 Å². The van der Waals surface area contributed by atoms with Crippen molar-refractivity contribution >= 4 is 22.7 Å². The first kappa shape index (κ1) is 10.9. The average molecular weight is 237 g/mol. The topological polar surface area (TPSA) is 12.0 Å². The predicted molar refractivity (Wildman–Crippen MR) is 68.9 cm³/mol. The fourth-order valence-electron chi connectivity index (χ4n) is 1.72. The molecule has 80 valence electrons. The van der Waals surface area contributed by atoms with Crippen LogP contribution in [-0.2, 0) is 0 Å². The van der Waals surface area contributed by atoms with Crippen molar-refractivity contribution < 1.29 is 0 Å². The van der Waals surface area contributed by atoms with Crippen LogP contribution >= 0.6 is 22.7 Å². The van der Waals surface area contributed by atoms with Crippen LogP contribution < -0.4 is 5.32 Å². The highest BCUT2D eigenvalue weighted by molar-refractivity contribution is 7.10. The second-order valence-electron chi connectivity index (χ2n) is 3.44. The van der Waals surface area contributed by atoms with Crippen molar-refractivity contribution in [1.29, 1.82) is 0 Å². The van der Waals surface area contributed by atoms with Crippen LogP contribution in [0.15, 0.2) is 29.0 Å². The minimum Gasteiger partial charge on any atom is -0.306 e. The van der Waals surface area contributed by atoms with Crippen molar-refractivity contribution in [2.75, 3.05) is 6.54 Å². The maximum Gasteiger partial charge on any atom is 0.0681 e. The van der Waals surface area contributed by atoms with E-state index in [1.807, 2.05) is 22.7 Å². The first-order valence-corrected chi connectivity index (χ1v) is 6.89. The van der Waals surface area contributed by atoms with Crippen LogP contribution in [0, 0.1) is 6.92 Å². The fourth-order valence-corrected chi connectivity index (χ4v) is 3.28. The van der Waals surface area contributed by atoms with Crippen molar-refractivity contribution in [3.63, 3.8) is 0 Å². The quantitative estimate of drug-likeness (QED) is 0.852. The van der Waals surface area contributed by atoms with Gasteiger partial charge in [0.25, 0.3) is 0 Å². The molecule has 1 unspecified atom stereocenters. The van der Waals surface area contributed by atoms with E-state index < -0.39 is 0 Å². The highest BCUT2D eigenvalue weighted by atomic mass is 32.1. The van der Waals surface area contributed by atoms with Gasteiger partial charge in [-0.3, -0.25) is 0 Å². The smallest absolute Gasteiger partial charge is 0.0681 e. The van der Waals surface area contributed by atoms with E-state index in [0.717, 1.165) is 6.54 Å². The number of aryl methyl sites for hydroxylation is 1. The Bertz CT molecular complexity index is 403. The molecule has 15 heavy (non-hydrogen) atoms. The Balaban J connectivity index is 2.32. The van der Waals surface area contributed by atoms with E-state index in [1.54, 1.807) is 0 Å². The number of hydrogen-bond acceptors (Lipinski definition) is 3. The molecular weight excluding hydrogens is 222 g/mol. The third-order valence-electron chi connectivity index (χ3n) is 2.45. The zero-order valence-electron chi connectivity index (χ0n) is 8.99. The van der Waals surface area contributed by atoms with Gasteiger partial charge in [0.2, 0.25) is 0 Å². The minimum absolute atomic E-state index is 0.376. The molecule has 1 nitrogen and oxygen atoms in total. The lowest BCUT2D eigenvalue weighted by molar-refractivity contribution is 0.639. The van der Waals surface area contributed by atoms with Gasteiger partial charge in [-0.1, -0.05) is 13.0 Å². The molecule has 0 aliphatic heterocycles. The Morgan fingerprint density at radius 3 is 2.67 bits per heavy atom. The summed E-state index contributed by atoms with van der Waals surface area (Å²) in [6.07, 6.45) is 0. The highest BCUT2D eigenvalue weighted by Crippen LogP contribution is 2.30. The van der Waals surface area contributed by atoms with Gasteiger partial charge in [-0.25, -0.2) is 0 Å².